The van der Waals surface area contributed by atoms with Crippen LogP contribution >= 0.6 is 0 Å². The predicted molar refractivity (Wildman–Crippen MR) is 91.9 cm³/mol. The van der Waals surface area contributed by atoms with Crippen LogP contribution in [0.5, 0.6) is 0 Å². The zero-order valence-corrected chi connectivity index (χ0v) is 14.2. The van der Waals surface area contributed by atoms with Crippen LogP contribution in [0.4, 0.5) is 0 Å². The fourth-order valence-corrected chi connectivity index (χ4v) is 2.18. The van der Waals surface area contributed by atoms with Crippen molar-refractivity contribution in [1.82, 2.24) is 30.3 Å². The molecule has 23 heavy (non-hydrogen) atoms. The number of aliphatic imine (C=N–C) groups is 1. The first kappa shape index (κ1) is 17.0. The van der Waals surface area contributed by atoms with Crippen molar-refractivity contribution in [3.8, 4) is 0 Å². The zero-order chi connectivity index (χ0) is 16.7. The highest BCUT2D eigenvalue weighted by molar-refractivity contribution is 5.79. The lowest BCUT2D eigenvalue weighted by molar-refractivity contribution is 0.402. The van der Waals surface area contributed by atoms with E-state index in [1.165, 1.54) is 11.1 Å². The summed E-state index contributed by atoms with van der Waals surface area (Å²) < 4.78 is 1.74. The topological polar surface area (TPSA) is 70.4 Å². The molecule has 2 N–H and O–H groups in total. The van der Waals surface area contributed by atoms with E-state index in [0.29, 0.717) is 6.54 Å². The van der Waals surface area contributed by atoms with E-state index in [1.807, 2.05) is 7.05 Å². The Hall–Kier alpha value is -2.41. The Kier molecular flexibility index (Phi) is 6.10. The first-order valence-electron chi connectivity index (χ1n) is 7.58. The van der Waals surface area contributed by atoms with Gasteiger partial charge >= 0.3 is 0 Å². The summed E-state index contributed by atoms with van der Waals surface area (Å²) in [4.78, 5) is 10.6. The Balaban J connectivity index is 1.82. The van der Waals surface area contributed by atoms with Crippen LogP contribution in [0.1, 0.15) is 17.0 Å². The average Bonchev–Trinajstić information content (AvgIpc) is 2.94. The maximum absolute atomic E-state index is 4.22. The van der Waals surface area contributed by atoms with Crippen molar-refractivity contribution in [3.63, 3.8) is 0 Å². The van der Waals surface area contributed by atoms with Gasteiger partial charge in [-0.1, -0.05) is 24.3 Å². The maximum Gasteiger partial charge on any atom is 0.191 e. The van der Waals surface area contributed by atoms with E-state index in [-0.39, 0.29) is 0 Å². The minimum Gasteiger partial charge on any atom is -0.352 e. The van der Waals surface area contributed by atoms with E-state index < -0.39 is 0 Å². The Morgan fingerprint density at radius 2 is 1.78 bits per heavy atom. The normalized spacial score (nSPS) is 11.8. The molecule has 124 valence electrons. The van der Waals surface area contributed by atoms with E-state index in [1.54, 1.807) is 18.1 Å². The predicted octanol–water partition coefficient (Wildman–Crippen LogP) is 0.742. The highest BCUT2D eigenvalue weighted by atomic mass is 15.3. The van der Waals surface area contributed by atoms with E-state index in [2.05, 4.69) is 69.0 Å². The van der Waals surface area contributed by atoms with E-state index in [0.717, 1.165) is 24.9 Å². The Labute approximate surface area is 137 Å². The number of benzene rings is 1. The summed E-state index contributed by atoms with van der Waals surface area (Å²) in [5.74, 6) is 1.60. The summed E-state index contributed by atoms with van der Waals surface area (Å²) in [7, 11) is 7.77. The van der Waals surface area contributed by atoms with Gasteiger partial charge < -0.3 is 15.5 Å². The van der Waals surface area contributed by atoms with E-state index in [9.17, 15) is 0 Å². The van der Waals surface area contributed by atoms with Crippen molar-refractivity contribution in [3.05, 3.63) is 47.5 Å². The summed E-state index contributed by atoms with van der Waals surface area (Å²) in [6, 6.07) is 8.60. The van der Waals surface area contributed by atoms with Gasteiger partial charge in [-0.25, -0.2) is 4.98 Å². The molecule has 2 rings (SSSR count). The standard InChI is InChI=1S/C16H25N7/c1-17-16(19-10-15-20-12-21-23(15)4)18-9-13-5-7-14(8-6-13)11-22(2)3/h5-8,12H,9-11H2,1-4H3,(H2,17,18,19). The molecule has 0 aliphatic heterocycles. The molecule has 0 spiro atoms. The number of nitrogens with one attached hydrogen (secondary N) is 2. The van der Waals surface area contributed by atoms with Crippen LogP contribution < -0.4 is 10.6 Å². The minimum atomic E-state index is 0.581. The zero-order valence-electron chi connectivity index (χ0n) is 14.2. The summed E-state index contributed by atoms with van der Waals surface area (Å²) in [6.07, 6.45) is 1.54. The van der Waals surface area contributed by atoms with Crippen LogP contribution in [0.2, 0.25) is 0 Å². The second-order valence-corrected chi connectivity index (χ2v) is 5.63. The molecule has 0 aliphatic rings. The molecule has 0 atom stereocenters. The SMILES string of the molecule is CN=C(NCc1ccc(CN(C)C)cc1)NCc1ncnn1C. The van der Waals surface area contributed by atoms with Gasteiger partial charge in [-0.3, -0.25) is 9.67 Å². The van der Waals surface area contributed by atoms with Crippen molar-refractivity contribution in [1.29, 1.82) is 0 Å². The van der Waals surface area contributed by atoms with Gasteiger partial charge in [-0.2, -0.15) is 5.10 Å². The smallest absolute Gasteiger partial charge is 0.191 e. The largest absolute Gasteiger partial charge is 0.352 e. The Bertz CT molecular complexity index is 628. The monoisotopic (exact) mass is 315 g/mol. The summed E-state index contributed by atoms with van der Waals surface area (Å²) in [6.45, 7) is 2.26. The molecule has 0 amide bonds. The third-order valence-electron chi connectivity index (χ3n) is 3.42. The first-order valence-corrected chi connectivity index (χ1v) is 7.58. The molecule has 0 fully saturated rings. The molecule has 0 unspecified atom stereocenters. The molecule has 7 heteroatoms. The fraction of sp³-hybridized carbons (Fsp3) is 0.438. The second kappa shape index (κ2) is 8.28. The highest BCUT2D eigenvalue weighted by Gasteiger charge is 2.03. The van der Waals surface area contributed by atoms with Crippen LogP contribution in [0.3, 0.4) is 0 Å². The van der Waals surface area contributed by atoms with Gasteiger partial charge in [0.15, 0.2) is 5.96 Å². The molecule has 2 aromatic rings. The molecule has 1 heterocycles. The Morgan fingerprint density at radius 3 is 2.35 bits per heavy atom. The molecule has 0 saturated heterocycles. The minimum absolute atomic E-state index is 0.581. The number of aryl methyl sites for hydroxylation is 1. The van der Waals surface area contributed by atoms with Crippen LogP contribution in [0.25, 0.3) is 0 Å². The van der Waals surface area contributed by atoms with Gasteiger partial charge in [0.25, 0.3) is 0 Å². The molecule has 0 radical (unpaired) electrons. The van der Waals surface area contributed by atoms with E-state index >= 15 is 0 Å². The molecular formula is C16H25N7. The van der Waals surface area contributed by atoms with Gasteiger partial charge in [-0.15, -0.1) is 0 Å². The lowest BCUT2D eigenvalue weighted by Crippen LogP contribution is -2.36. The van der Waals surface area contributed by atoms with Crippen LogP contribution in [-0.2, 0) is 26.7 Å². The number of guanidine groups is 1. The maximum atomic E-state index is 4.22. The summed E-state index contributed by atoms with van der Waals surface area (Å²) in [5.41, 5.74) is 2.53. The molecule has 1 aromatic heterocycles. The van der Waals surface area contributed by atoms with Crippen molar-refractivity contribution >= 4 is 5.96 Å². The molecule has 0 saturated carbocycles. The number of nitrogens with zero attached hydrogens (tertiary/aromatic N) is 5. The van der Waals surface area contributed by atoms with Crippen LogP contribution in [-0.4, -0.2) is 46.8 Å². The summed E-state index contributed by atoms with van der Waals surface area (Å²) >= 11 is 0. The summed E-state index contributed by atoms with van der Waals surface area (Å²) in [5, 5.41) is 10.6. The van der Waals surface area contributed by atoms with Gasteiger partial charge in [0.1, 0.15) is 12.2 Å². The third-order valence-corrected chi connectivity index (χ3v) is 3.42. The molecule has 7 nitrogen and oxygen atoms in total. The van der Waals surface area contributed by atoms with Crippen molar-refractivity contribution in [2.45, 2.75) is 19.6 Å². The van der Waals surface area contributed by atoms with Gasteiger partial charge in [-0.05, 0) is 25.2 Å². The number of hydrogen-bond donors (Lipinski definition) is 2. The van der Waals surface area contributed by atoms with Crippen molar-refractivity contribution < 1.29 is 0 Å². The molecule has 0 aliphatic carbocycles. The van der Waals surface area contributed by atoms with Gasteiger partial charge in [0.05, 0.1) is 6.54 Å². The third kappa shape index (κ3) is 5.37. The van der Waals surface area contributed by atoms with Gasteiger partial charge in [0, 0.05) is 27.2 Å². The number of hydrogen-bond acceptors (Lipinski definition) is 4. The fourth-order valence-electron chi connectivity index (χ4n) is 2.18. The van der Waals surface area contributed by atoms with Crippen molar-refractivity contribution in [2.24, 2.45) is 12.0 Å². The lowest BCUT2D eigenvalue weighted by atomic mass is 10.1. The highest BCUT2D eigenvalue weighted by Crippen LogP contribution is 2.06. The number of aromatic nitrogens is 3. The molecule has 0 bridgehead atoms. The Morgan fingerprint density at radius 1 is 1.13 bits per heavy atom. The number of rotatable bonds is 6. The molecule has 1 aromatic carbocycles. The lowest BCUT2D eigenvalue weighted by Gasteiger charge is -2.13. The van der Waals surface area contributed by atoms with Gasteiger partial charge in [0.2, 0.25) is 0 Å². The van der Waals surface area contributed by atoms with Crippen LogP contribution in [0, 0.1) is 0 Å². The second-order valence-electron chi connectivity index (χ2n) is 5.63. The van der Waals surface area contributed by atoms with E-state index in [4.69, 9.17) is 0 Å². The average molecular weight is 315 g/mol. The van der Waals surface area contributed by atoms with Crippen LogP contribution in [0.15, 0.2) is 35.6 Å². The van der Waals surface area contributed by atoms with Crippen molar-refractivity contribution in [2.75, 3.05) is 21.1 Å². The first-order chi connectivity index (χ1) is 11.1. The quantitative estimate of drug-likeness (QED) is 0.608. The molecular weight excluding hydrogens is 290 g/mol.